The molecule has 1 heterocycles. The van der Waals surface area contributed by atoms with Gasteiger partial charge in [-0.25, -0.2) is 4.68 Å². The van der Waals surface area contributed by atoms with Gasteiger partial charge in [-0.15, -0.1) is 0 Å². The Morgan fingerprint density at radius 2 is 2.10 bits per heavy atom. The molecule has 5 heteroatoms. The Morgan fingerprint density at radius 1 is 1.40 bits per heavy atom. The van der Waals surface area contributed by atoms with Crippen LogP contribution in [-0.4, -0.2) is 15.8 Å². The number of nitrogens with zero attached hydrogens (tertiary/aromatic N) is 2. The molecule has 0 saturated heterocycles. The van der Waals surface area contributed by atoms with Crippen molar-refractivity contribution in [3.63, 3.8) is 0 Å². The smallest absolute Gasteiger partial charge is 0.287 e. The standard InChI is InChI=1S/C15H26ClN3O/c1-5-7-8-19-15(20)14(16)13(10-17-19)18-12(4)9-11(3)6-2/h10-12,18H,5-9H2,1-4H3. The summed E-state index contributed by atoms with van der Waals surface area (Å²) in [6, 6.07) is 0.273. The number of halogens is 1. The first-order chi connectivity index (χ1) is 9.49. The second kappa shape index (κ2) is 8.30. The van der Waals surface area contributed by atoms with E-state index < -0.39 is 0 Å². The summed E-state index contributed by atoms with van der Waals surface area (Å²) in [6.07, 6.45) is 5.81. The van der Waals surface area contributed by atoms with Crippen LogP contribution in [0.2, 0.25) is 5.02 Å². The number of aromatic nitrogens is 2. The highest BCUT2D eigenvalue weighted by Crippen LogP contribution is 2.19. The summed E-state index contributed by atoms with van der Waals surface area (Å²) in [5.41, 5.74) is 0.432. The van der Waals surface area contributed by atoms with Crippen molar-refractivity contribution < 1.29 is 0 Å². The molecule has 114 valence electrons. The van der Waals surface area contributed by atoms with E-state index in [4.69, 9.17) is 11.6 Å². The normalized spacial score (nSPS) is 14.1. The van der Waals surface area contributed by atoms with Crippen LogP contribution < -0.4 is 10.9 Å². The van der Waals surface area contributed by atoms with Gasteiger partial charge in [0.2, 0.25) is 0 Å². The predicted octanol–water partition coefficient (Wildman–Crippen LogP) is 3.93. The zero-order chi connectivity index (χ0) is 15.1. The van der Waals surface area contributed by atoms with Crippen molar-refractivity contribution in [1.29, 1.82) is 0 Å². The lowest BCUT2D eigenvalue weighted by Crippen LogP contribution is -2.26. The lowest BCUT2D eigenvalue weighted by atomic mass is 10.0. The van der Waals surface area contributed by atoms with E-state index in [1.807, 2.05) is 0 Å². The van der Waals surface area contributed by atoms with E-state index in [0.29, 0.717) is 18.2 Å². The fourth-order valence-electron chi connectivity index (χ4n) is 2.13. The molecule has 0 aliphatic rings. The number of rotatable bonds is 8. The molecular formula is C15H26ClN3O. The maximum Gasteiger partial charge on any atom is 0.287 e. The molecule has 1 N–H and O–H groups in total. The Bertz CT molecular complexity index is 473. The molecule has 0 fully saturated rings. The van der Waals surface area contributed by atoms with Crippen molar-refractivity contribution in [2.24, 2.45) is 5.92 Å². The van der Waals surface area contributed by atoms with Gasteiger partial charge in [0.25, 0.3) is 5.56 Å². The van der Waals surface area contributed by atoms with Crippen LogP contribution >= 0.6 is 11.6 Å². The molecule has 1 aromatic heterocycles. The number of hydrogen-bond acceptors (Lipinski definition) is 3. The van der Waals surface area contributed by atoms with Crippen molar-refractivity contribution in [3.05, 3.63) is 21.6 Å². The fourth-order valence-corrected chi connectivity index (χ4v) is 2.33. The minimum absolute atomic E-state index is 0.208. The van der Waals surface area contributed by atoms with Crippen LogP contribution in [0.4, 0.5) is 5.69 Å². The molecule has 2 atom stereocenters. The van der Waals surface area contributed by atoms with Crippen molar-refractivity contribution in [1.82, 2.24) is 9.78 Å². The molecule has 20 heavy (non-hydrogen) atoms. The summed E-state index contributed by atoms with van der Waals surface area (Å²) >= 11 is 6.16. The van der Waals surface area contributed by atoms with Gasteiger partial charge in [-0.05, 0) is 25.7 Å². The van der Waals surface area contributed by atoms with Crippen LogP contribution in [0.5, 0.6) is 0 Å². The third kappa shape index (κ3) is 4.82. The second-order valence-corrected chi connectivity index (χ2v) is 5.93. The number of nitrogens with one attached hydrogen (secondary N) is 1. The van der Waals surface area contributed by atoms with Gasteiger partial charge in [0.1, 0.15) is 5.02 Å². The average Bonchev–Trinajstić information content (AvgIpc) is 2.43. The Balaban J connectivity index is 2.77. The molecule has 0 aliphatic heterocycles. The fraction of sp³-hybridized carbons (Fsp3) is 0.733. The Labute approximate surface area is 126 Å². The van der Waals surface area contributed by atoms with Crippen LogP contribution in [0.1, 0.15) is 53.4 Å². The highest BCUT2D eigenvalue weighted by Gasteiger charge is 2.12. The molecule has 2 unspecified atom stereocenters. The molecule has 0 spiro atoms. The first-order valence-electron chi connectivity index (χ1n) is 7.51. The SMILES string of the molecule is CCCCn1ncc(NC(C)CC(C)CC)c(Cl)c1=O. The molecule has 0 bridgehead atoms. The molecular weight excluding hydrogens is 274 g/mol. The van der Waals surface area contributed by atoms with Crippen LogP contribution in [0.3, 0.4) is 0 Å². The summed E-state index contributed by atoms with van der Waals surface area (Å²) in [5.74, 6) is 0.647. The zero-order valence-corrected chi connectivity index (χ0v) is 13.7. The van der Waals surface area contributed by atoms with Gasteiger partial charge in [0, 0.05) is 12.6 Å². The van der Waals surface area contributed by atoms with Crippen molar-refractivity contribution in [2.45, 2.75) is 66.0 Å². The van der Waals surface area contributed by atoms with E-state index in [9.17, 15) is 4.79 Å². The molecule has 1 rings (SSSR count). The third-order valence-electron chi connectivity index (χ3n) is 3.56. The lowest BCUT2D eigenvalue weighted by molar-refractivity contribution is 0.483. The van der Waals surface area contributed by atoms with Gasteiger partial charge in [-0.2, -0.15) is 5.10 Å². The lowest BCUT2D eigenvalue weighted by Gasteiger charge is -2.19. The highest BCUT2D eigenvalue weighted by molar-refractivity contribution is 6.32. The van der Waals surface area contributed by atoms with E-state index >= 15 is 0 Å². The number of hydrogen-bond donors (Lipinski definition) is 1. The Morgan fingerprint density at radius 3 is 2.70 bits per heavy atom. The molecule has 0 radical (unpaired) electrons. The Kier molecular flexibility index (Phi) is 7.06. The molecule has 1 aromatic rings. The molecule has 0 aromatic carbocycles. The summed E-state index contributed by atoms with van der Waals surface area (Å²) in [6.45, 7) is 9.21. The molecule has 0 aliphatic carbocycles. The summed E-state index contributed by atoms with van der Waals surface area (Å²) in [4.78, 5) is 12.1. The maximum absolute atomic E-state index is 12.1. The van der Waals surface area contributed by atoms with Crippen LogP contribution in [0, 0.1) is 5.92 Å². The highest BCUT2D eigenvalue weighted by atomic mass is 35.5. The van der Waals surface area contributed by atoms with Crippen LogP contribution in [0.25, 0.3) is 0 Å². The number of aryl methyl sites for hydroxylation is 1. The average molecular weight is 300 g/mol. The Hall–Kier alpha value is -1.03. The van der Waals surface area contributed by atoms with Crippen molar-refractivity contribution in [2.75, 3.05) is 5.32 Å². The van der Waals surface area contributed by atoms with Gasteiger partial charge in [-0.1, -0.05) is 45.2 Å². The number of anilines is 1. The minimum atomic E-state index is -0.208. The van der Waals surface area contributed by atoms with Gasteiger partial charge in [0.05, 0.1) is 11.9 Å². The first kappa shape index (κ1) is 17.0. The molecule has 0 saturated carbocycles. The van der Waals surface area contributed by atoms with Gasteiger partial charge in [-0.3, -0.25) is 4.79 Å². The predicted molar refractivity (Wildman–Crippen MR) is 85.6 cm³/mol. The molecule has 0 amide bonds. The largest absolute Gasteiger partial charge is 0.380 e. The van der Waals surface area contributed by atoms with E-state index in [2.05, 4.69) is 38.1 Å². The second-order valence-electron chi connectivity index (χ2n) is 5.55. The summed E-state index contributed by atoms with van der Waals surface area (Å²) in [7, 11) is 0. The van der Waals surface area contributed by atoms with Crippen LogP contribution in [-0.2, 0) is 6.54 Å². The maximum atomic E-state index is 12.1. The summed E-state index contributed by atoms with van der Waals surface area (Å²) < 4.78 is 1.44. The van der Waals surface area contributed by atoms with Crippen molar-refractivity contribution >= 4 is 17.3 Å². The van der Waals surface area contributed by atoms with E-state index in [0.717, 1.165) is 25.7 Å². The van der Waals surface area contributed by atoms with Crippen LogP contribution in [0.15, 0.2) is 11.0 Å². The monoisotopic (exact) mass is 299 g/mol. The molecule has 4 nitrogen and oxygen atoms in total. The minimum Gasteiger partial charge on any atom is -0.380 e. The quantitative estimate of drug-likeness (QED) is 0.791. The van der Waals surface area contributed by atoms with E-state index in [1.165, 1.54) is 4.68 Å². The topological polar surface area (TPSA) is 46.9 Å². The van der Waals surface area contributed by atoms with E-state index in [-0.39, 0.29) is 16.6 Å². The zero-order valence-electron chi connectivity index (χ0n) is 12.9. The third-order valence-corrected chi connectivity index (χ3v) is 3.93. The van der Waals surface area contributed by atoms with Gasteiger partial charge >= 0.3 is 0 Å². The summed E-state index contributed by atoms with van der Waals surface area (Å²) in [5, 5.41) is 7.72. The first-order valence-corrected chi connectivity index (χ1v) is 7.89. The van der Waals surface area contributed by atoms with Gasteiger partial charge < -0.3 is 5.32 Å². The van der Waals surface area contributed by atoms with Crippen molar-refractivity contribution in [3.8, 4) is 0 Å². The number of unbranched alkanes of at least 4 members (excludes halogenated alkanes) is 1. The van der Waals surface area contributed by atoms with E-state index in [1.54, 1.807) is 6.20 Å². The van der Waals surface area contributed by atoms with Gasteiger partial charge in [0.15, 0.2) is 0 Å².